The number of hydrogen-bond acceptors (Lipinski definition) is 5. The van der Waals surface area contributed by atoms with Crippen molar-refractivity contribution in [3.63, 3.8) is 0 Å². The molecule has 1 N–H and O–H groups in total. The molecule has 1 unspecified atom stereocenters. The Balaban J connectivity index is 1.69. The molecule has 1 aliphatic heterocycles. The largest absolute Gasteiger partial charge is 0.573 e. The van der Waals surface area contributed by atoms with Crippen LogP contribution in [0.1, 0.15) is 30.1 Å². The van der Waals surface area contributed by atoms with Gasteiger partial charge < -0.3 is 19.7 Å². The zero-order chi connectivity index (χ0) is 26.3. The summed E-state index contributed by atoms with van der Waals surface area (Å²) in [7, 11) is 0. The van der Waals surface area contributed by atoms with Crippen LogP contribution in [0.2, 0.25) is 0 Å². The van der Waals surface area contributed by atoms with Gasteiger partial charge in [0.1, 0.15) is 12.4 Å². The first kappa shape index (κ1) is 26.4. The molecule has 1 atom stereocenters. The van der Waals surface area contributed by atoms with Crippen molar-refractivity contribution >= 4 is 5.91 Å². The number of hydrogen-bond donors (Lipinski definition) is 1. The van der Waals surface area contributed by atoms with Gasteiger partial charge >= 0.3 is 6.36 Å². The van der Waals surface area contributed by atoms with Crippen molar-refractivity contribution in [2.24, 2.45) is 5.92 Å². The summed E-state index contributed by atoms with van der Waals surface area (Å²) in [6.07, 6.45) is -2.07. The first-order valence-corrected chi connectivity index (χ1v) is 12.0. The number of benzene rings is 2. The van der Waals surface area contributed by atoms with Crippen LogP contribution in [-0.2, 0) is 4.79 Å². The molecule has 0 spiro atoms. The maximum absolute atomic E-state index is 14.1. The first-order chi connectivity index (χ1) is 17.8. The van der Waals surface area contributed by atoms with Crippen LogP contribution >= 0.6 is 0 Å². The lowest BCUT2D eigenvalue weighted by atomic mass is 9.93. The highest BCUT2D eigenvalue weighted by molar-refractivity contribution is 5.80. The Bertz CT molecular complexity index is 1170. The van der Waals surface area contributed by atoms with Crippen LogP contribution in [0.5, 0.6) is 11.5 Å². The number of amides is 1. The predicted molar refractivity (Wildman–Crippen MR) is 128 cm³/mol. The average Bonchev–Trinajstić information content (AvgIpc) is 2.89. The van der Waals surface area contributed by atoms with Crippen LogP contribution in [0.25, 0.3) is 0 Å². The van der Waals surface area contributed by atoms with E-state index in [1.165, 1.54) is 30.3 Å². The minimum atomic E-state index is -4.86. The molecule has 6 nitrogen and oxygen atoms in total. The van der Waals surface area contributed by atoms with Gasteiger partial charge in [0.15, 0.2) is 11.6 Å². The standard InChI is InChI=1S/C27H27F4N3O3/c28-22-8-1-2-10-24(22)36-17-16-34(26(35)19-11-14-32-15-12-19)25(23-9-3-4-13-33-23)20-6-5-7-21(18-20)37-27(29,30)31/h1-10,13,18-19,25,32H,11-12,14-17H2. The minimum Gasteiger partial charge on any atom is -0.489 e. The van der Waals surface area contributed by atoms with Crippen molar-refractivity contribution in [3.05, 3.63) is 90.0 Å². The highest BCUT2D eigenvalue weighted by Gasteiger charge is 2.35. The Kier molecular flexibility index (Phi) is 8.60. The number of para-hydroxylation sites is 1. The lowest BCUT2D eigenvalue weighted by Gasteiger charge is -2.36. The van der Waals surface area contributed by atoms with E-state index in [4.69, 9.17) is 4.74 Å². The van der Waals surface area contributed by atoms with Crippen molar-refractivity contribution < 1.29 is 31.8 Å². The molecule has 3 aromatic rings. The molecular formula is C27H27F4N3O3. The van der Waals surface area contributed by atoms with E-state index >= 15 is 0 Å². The third kappa shape index (κ3) is 7.19. The molecule has 196 valence electrons. The number of rotatable bonds is 9. The van der Waals surface area contributed by atoms with E-state index in [1.807, 2.05) is 0 Å². The van der Waals surface area contributed by atoms with Gasteiger partial charge in [-0.3, -0.25) is 9.78 Å². The van der Waals surface area contributed by atoms with Gasteiger partial charge in [0.05, 0.1) is 18.3 Å². The second-order valence-corrected chi connectivity index (χ2v) is 8.61. The van der Waals surface area contributed by atoms with Crippen LogP contribution < -0.4 is 14.8 Å². The number of alkyl halides is 3. The van der Waals surface area contributed by atoms with Gasteiger partial charge in [-0.15, -0.1) is 13.2 Å². The Morgan fingerprint density at radius 2 is 1.81 bits per heavy atom. The van der Waals surface area contributed by atoms with E-state index in [0.29, 0.717) is 37.2 Å². The van der Waals surface area contributed by atoms with Crippen LogP contribution in [0.4, 0.5) is 17.6 Å². The molecule has 1 amide bonds. The van der Waals surface area contributed by atoms with Crippen molar-refractivity contribution in [3.8, 4) is 11.5 Å². The SMILES string of the molecule is O=C(C1CCNCC1)N(CCOc1ccccc1F)C(c1cccc(OC(F)(F)F)c1)c1ccccn1. The molecule has 0 aliphatic carbocycles. The molecule has 1 aliphatic rings. The zero-order valence-electron chi connectivity index (χ0n) is 20.0. The summed E-state index contributed by atoms with van der Waals surface area (Å²) in [6.45, 7) is 1.39. The van der Waals surface area contributed by atoms with Gasteiger partial charge in [-0.05, 0) is 67.9 Å². The number of aromatic nitrogens is 1. The van der Waals surface area contributed by atoms with Crippen LogP contribution in [-0.4, -0.2) is 48.4 Å². The number of piperidine rings is 1. The third-order valence-electron chi connectivity index (χ3n) is 6.08. The molecule has 4 rings (SSSR count). The summed E-state index contributed by atoms with van der Waals surface area (Å²) in [6, 6.07) is 15.8. The number of carbonyl (C=O) groups excluding carboxylic acids is 1. The lowest BCUT2D eigenvalue weighted by Crippen LogP contribution is -2.45. The number of pyridine rings is 1. The monoisotopic (exact) mass is 517 g/mol. The fraction of sp³-hybridized carbons (Fsp3) is 0.333. The van der Waals surface area contributed by atoms with Crippen molar-refractivity contribution in [2.45, 2.75) is 25.2 Å². The van der Waals surface area contributed by atoms with E-state index < -0.39 is 24.0 Å². The smallest absolute Gasteiger partial charge is 0.489 e. The molecule has 2 heterocycles. The van der Waals surface area contributed by atoms with Gasteiger partial charge in [0.2, 0.25) is 5.91 Å². The number of carbonyl (C=O) groups is 1. The maximum atomic E-state index is 14.1. The summed E-state index contributed by atoms with van der Waals surface area (Å²) in [4.78, 5) is 19.8. The van der Waals surface area contributed by atoms with Gasteiger partial charge in [-0.25, -0.2) is 4.39 Å². The van der Waals surface area contributed by atoms with Crippen LogP contribution in [0.3, 0.4) is 0 Å². The highest BCUT2D eigenvalue weighted by atomic mass is 19.4. The molecule has 1 saturated heterocycles. The Hall–Kier alpha value is -3.66. The van der Waals surface area contributed by atoms with Crippen molar-refractivity contribution in [1.29, 1.82) is 0 Å². The van der Waals surface area contributed by atoms with E-state index in [-0.39, 0.29) is 30.7 Å². The molecule has 37 heavy (non-hydrogen) atoms. The quantitative estimate of drug-likeness (QED) is 0.400. The van der Waals surface area contributed by atoms with Gasteiger partial charge in [-0.2, -0.15) is 0 Å². The fourth-order valence-electron chi connectivity index (χ4n) is 4.42. The third-order valence-corrected chi connectivity index (χ3v) is 6.08. The normalized spacial score (nSPS) is 15.1. The predicted octanol–water partition coefficient (Wildman–Crippen LogP) is 5.12. The van der Waals surface area contributed by atoms with Crippen molar-refractivity contribution in [1.82, 2.24) is 15.2 Å². The molecule has 2 aromatic carbocycles. The highest BCUT2D eigenvalue weighted by Crippen LogP contribution is 2.33. The van der Waals surface area contributed by atoms with Gasteiger partial charge in [0.25, 0.3) is 0 Å². The summed E-state index contributed by atoms with van der Waals surface area (Å²) in [5.41, 5.74) is 0.869. The zero-order valence-corrected chi connectivity index (χ0v) is 20.0. The van der Waals surface area contributed by atoms with E-state index in [2.05, 4.69) is 15.0 Å². The van der Waals surface area contributed by atoms with Crippen molar-refractivity contribution in [2.75, 3.05) is 26.2 Å². The molecule has 0 bridgehead atoms. The maximum Gasteiger partial charge on any atom is 0.573 e. The summed E-state index contributed by atoms with van der Waals surface area (Å²) in [5, 5.41) is 3.23. The number of ether oxygens (including phenoxy) is 2. The number of nitrogens with zero attached hydrogens (tertiary/aromatic N) is 2. The van der Waals surface area contributed by atoms with Crippen LogP contribution in [0, 0.1) is 11.7 Å². The molecule has 0 saturated carbocycles. The fourth-order valence-corrected chi connectivity index (χ4v) is 4.42. The molecule has 0 radical (unpaired) electrons. The molecular weight excluding hydrogens is 490 g/mol. The Labute approximate surface area is 212 Å². The number of nitrogens with one attached hydrogen (secondary N) is 1. The number of halogens is 4. The summed E-state index contributed by atoms with van der Waals surface area (Å²) >= 11 is 0. The molecule has 1 fully saturated rings. The average molecular weight is 518 g/mol. The van der Waals surface area contributed by atoms with E-state index in [9.17, 15) is 22.4 Å². The lowest BCUT2D eigenvalue weighted by molar-refractivity contribution is -0.274. The van der Waals surface area contributed by atoms with Gasteiger partial charge in [0, 0.05) is 12.1 Å². The first-order valence-electron chi connectivity index (χ1n) is 12.0. The Morgan fingerprint density at radius 3 is 2.51 bits per heavy atom. The van der Waals surface area contributed by atoms with Crippen LogP contribution in [0.15, 0.2) is 72.9 Å². The second-order valence-electron chi connectivity index (χ2n) is 8.61. The van der Waals surface area contributed by atoms with E-state index in [0.717, 1.165) is 0 Å². The summed E-state index contributed by atoms with van der Waals surface area (Å²) < 4.78 is 62.7. The minimum absolute atomic E-state index is 0.0281. The Morgan fingerprint density at radius 1 is 1.05 bits per heavy atom. The molecule has 1 aromatic heterocycles. The molecule has 10 heteroatoms. The topological polar surface area (TPSA) is 63.7 Å². The van der Waals surface area contributed by atoms with Gasteiger partial charge in [-0.1, -0.05) is 30.3 Å². The second kappa shape index (κ2) is 12.1. The van der Waals surface area contributed by atoms with E-state index in [1.54, 1.807) is 47.5 Å². The summed E-state index contributed by atoms with van der Waals surface area (Å²) in [5.74, 6) is -1.33.